The molecule has 0 nitrogen and oxygen atoms in total. The van der Waals surface area contributed by atoms with Gasteiger partial charge in [0, 0.05) is 0 Å². The molecule has 0 bridgehead atoms. The molecule has 0 saturated heterocycles. The van der Waals surface area contributed by atoms with E-state index in [1.807, 2.05) is 0 Å². The molecular weight excluding hydrogens is 528 g/mol. The van der Waals surface area contributed by atoms with Crippen LogP contribution in [0.3, 0.4) is 0 Å². The Bertz CT molecular complexity index is 2410. The van der Waals surface area contributed by atoms with E-state index >= 15 is 0 Å². The lowest BCUT2D eigenvalue weighted by atomic mass is 9.87. The van der Waals surface area contributed by atoms with Gasteiger partial charge in [-0.05, 0) is 111 Å². The minimum Gasteiger partial charge on any atom is -0.0616 e. The highest BCUT2D eigenvalue weighted by atomic mass is 14.4. The molecule has 0 heteroatoms. The van der Waals surface area contributed by atoms with Gasteiger partial charge in [0.25, 0.3) is 0 Å². The van der Waals surface area contributed by atoms with Gasteiger partial charge in [0.05, 0.1) is 0 Å². The Morgan fingerprint density at radius 3 is 0.909 bits per heavy atom. The highest BCUT2D eigenvalue weighted by Gasteiger charge is 2.38. The van der Waals surface area contributed by atoms with E-state index in [0.717, 1.165) is 0 Å². The molecule has 2 aliphatic carbocycles. The van der Waals surface area contributed by atoms with Gasteiger partial charge in [-0.25, -0.2) is 0 Å². The number of fused-ring (bicyclic) bond motifs is 11. The third kappa shape index (κ3) is 3.12. The van der Waals surface area contributed by atoms with Gasteiger partial charge >= 0.3 is 0 Å². The monoisotopic (exact) mass is 554 g/mol. The van der Waals surface area contributed by atoms with Crippen LogP contribution in [0.25, 0.3) is 65.4 Å². The standard InChI is InChI=1S/C44H26/c1-3-15-29-27(13-1)25-39(33-19-7-5-17-31(29)33)41-35-21-9-11-23-37(35)44-42(36-22-10-12-24-38(36)43(41)44)40-26-28-14-2-4-16-30(28)32-18-6-8-20-34(32)40/h1-26H. The summed E-state index contributed by atoms with van der Waals surface area (Å²) in [5.74, 6) is 0. The van der Waals surface area contributed by atoms with E-state index in [4.69, 9.17) is 0 Å². The molecule has 202 valence electrons. The van der Waals surface area contributed by atoms with E-state index in [1.165, 1.54) is 98.8 Å². The van der Waals surface area contributed by atoms with Crippen molar-refractivity contribution in [3.63, 3.8) is 0 Å². The Labute approximate surface area is 255 Å². The van der Waals surface area contributed by atoms with Crippen LogP contribution in [0.15, 0.2) is 158 Å². The number of benzene rings is 8. The number of allylic oxidation sites excluding steroid dienone is 2. The van der Waals surface area contributed by atoms with E-state index in [-0.39, 0.29) is 0 Å². The van der Waals surface area contributed by atoms with Crippen LogP contribution in [0.1, 0.15) is 33.4 Å². The quantitative estimate of drug-likeness (QED) is 0.186. The van der Waals surface area contributed by atoms with Crippen LogP contribution in [0.5, 0.6) is 0 Å². The van der Waals surface area contributed by atoms with Crippen molar-refractivity contribution in [2.24, 2.45) is 0 Å². The third-order valence-corrected chi connectivity index (χ3v) is 9.76. The zero-order chi connectivity index (χ0) is 28.8. The van der Waals surface area contributed by atoms with Gasteiger partial charge in [-0.3, -0.25) is 0 Å². The van der Waals surface area contributed by atoms with Gasteiger partial charge in [-0.1, -0.05) is 146 Å². The molecule has 0 aliphatic heterocycles. The summed E-state index contributed by atoms with van der Waals surface area (Å²) in [6.45, 7) is 0. The second kappa shape index (κ2) is 8.89. The maximum Gasteiger partial charge on any atom is -0.000740 e. The largest absolute Gasteiger partial charge is 0.0616 e. The molecule has 8 aromatic rings. The first-order valence-corrected chi connectivity index (χ1v) is 15.4. The van der Waals surface area contributed by atoms with Gasteiger partial charge in [0.1, 0.15) is 0 Å². The van der Waals surface area contributed by atoms with Gasteiger partial charge in [0.15, 0.2) is 0 Å². The topological polar surface area (TPSA) is 0 Å². The van der Waals surface area contributed by atoms with Crippen molar-refractivity contribution in [2.75, 3.05) is 0 Å². The van der Waals surface area contributed by atoms with Gasteiger partial charge < -0.3 is 0 Å². The summed E-state index contributed by atoms with van der Waals surface area (Å²) in [6, 6.07) is 58.4. The third-order valence-electron chi connectivity index (χ3n) is 9.76. The van der Waals surface area contributed by atoms with E-state index in [0.29, 0.717) is 0 Å². The summed E-state index contributed by atoms with van der Waals surface area (Å²) in [5, 5.41) is 10.3. The Kier molecular flexibility index (Phi) is 4.81. The van der Waals surface area contributed by atoms with E-state index in [9.17, 15) is 0 Å². The summed E-state index contributed by atoms with van der Waals surface area (Å²) in [4.78, 5) is 0. The minimum absolute atomic E-state index is 1.27. The van der Waals surface area contributed by atoms with Crippen LogP contribution in [-0.4, -0.2) is 0 Å². The molecule has 0 unspecified atom stereocenters. The van der Waals surface area contributed by atoms with Gasteiger partial charge in [-0.15, -0.1) is 0 Å². The van der Waals surface area contributed by atoms with Crippen molar-refractivity contribution in [3.8, 4) is 0 Å². The lowest BCUT2D eigenvalue weighted by Gasteiger charge is -2.16. The fraction of sp³-hybridized carbons (Fsp3) is 0. The average molecular weight is 555 g/mol. The Morgan fingerprint density at radius 2 is 0.500 bits per heavy atom. The lowest BCUT2D eigenvalue weighted by molar-refractivity contribution is 1.55. The SMILES string of the molecule is c1ccc2c(c1)C1=C(c3cc4ccccc4c4ccccc34)c3ccccc3C1=C2c1cc2ccccc2c2ccccc12. The molecule has 0 heterocycles. The molecule has 8 aromatic carbocycles. The number of hydrogen-bond donors (Lipinski definition) is 0. The maximum absolute atomic E-state index is 2.42. The van der Waals surface area contributed by atoms with Gasteiger partial charge in [0.2, 0.25) is 0 Å². The zero-order valence-corrected chi connectivity index (χ0v) is 24.0. The first-order valence-electron chi connectivity index (χ1n) is 15.4. The van der Waals surface area contributed by atoms with E-state index in [2.05, 4.69) is 158 Å². The summed E-state index contributed by atoms with van der Waals surface area (Å²) in [7, 11) is 0. The maximum atomic E-state index is 2.42. The summed E-state index contributed by atoms with van der Waals surface area (Å²) in [6.07, 6.45) is 0. The summed E-state index contributed by atoms with van der Waals surface area (Å²) < 4.78 is 0. The minimum atomic E-state index is 1.27. The molecule has 10 rings (SSSR count). The van der Waals surface area contributed by atoms with Crippen molar-refractivity contribution in [1.82, 2.24) is 0 Å². The molecule has 0 N–H and O–H groups in total. The van der Waals surface area contributed by atoms with Crippen molar-refractivity contribution in [1.29, 1.82) is 0 Å². The summed E-state index contributed by atoms with van der Waals surface area (Å²) >= 11 is 0. The van der Waals surface area contributed by atoms with Crippen LogP contribution in [-0.2, 0) is 0 Å². The smallest absolute Gasteiger partial charge is 0.000740 e. The Hall–Kier alpha value is -5.72. The van der Waals surface area contributed by atoms with Crippen molar-refractivity contribution >= 4 is 65.4 Å². The number of rotatable bonds is 2. The fourth-order valence-electron chi connectivity index (χ4n) is 7.98. The van der Waals surface area contributed by atoms with Crippen LogP contribution in [0.4, 0.5) is 0 Å². The Morgan fingerprint density at radius 1 is 0.205 bits per heavy atom. The molecule has 0 atom stereocenters. The van der Waals surface area contributed by atoms with E-state index in [1.54, 1.807) is 0 Å². The summed E-state index contributed by atoms with van der Waals surface area (Å²) in [5.41, 5.74) is 13.3. The molecule has 0 amide bonds. The highest BCUT2D eigenvalue weighted by molar-refractivity contribution is 6.37. The van der Waals surface area contributed by atoms with Crippen LogP contribution < -0.4 is 0 Å². The second-order valence-electron chi connectivity index (χ2n) is 12.0. The number of hydrogen-bond acceptors (Lipinski definition) is 0. The molecule has 0 spiro atoms. The first kappa shape index (κ1) is 23.8. The normalized spacial score (nSPS) is 13.7. The molecule has 0 aromatic heterocycles. The lowest BCUT2D eigenvalue weighted by Crippen LogP contribution is -1.94. The predicted molar refractivity (Wildman–Crippen MR) is 188 cm³/mol. The first-order chi connectivity index (χ1) is 21.9. The molecule has 44 heavy (non-hydrogen) atoms. The van der Waals surface area contributed by atoms with Crippen molar-refractivity contribution < 1.29 is 0 Å². The Balaban J connectivity index is 1.40. The van der Waals surface area contributed by atoms with Crippen molar-refractivity contribution in [3.05, 3.63) is 191 Å². The molecule has 0 fully saturated rings. The van der Waals surface area contributed by atoms with E-state index < -0.39 is 0 Å². The van der Waals surface area contributed by atoms with Crippen molar-refractivity contribution in [2.45, 2.75) is 0 Å². The molecular formula is C44H26. The van der Waals surface area contributed by atoms with Crippen LogP contribution >= 0.6 is 0 Å². The van der Waals surface area contributed by atoms with Crippen LogP contribution in [0.2, 0.25) is 0 Å². The molecule has 2 aliphatic rings. The molecule has 0 radical (unpaired) electrons. The fourth-order valence-corrected chi connectivity index (χ4v) is 7.98. The van der Waals surface area contributed by atoms with Crippen LogP contribution in [0, 0.1) is 0 Å². The average Bonchev–Trinajstić information content (AvgIpc) is 3.60. The second-order valence-corrected chi connectivity index (χ2v) is 12.0. The van der Waals surface area contributed by atoms with Gasteiger partial charge in [-0.2, -0.15) is 0 Å². The predicted octanol–water partition coefficient (Wildman–Crippen LogP) is 11.5. The molecule has 0 saturated carbocycles. The zero-order valence-electron chi connectivity index (χ0n) is 24.0. The highest BCUT2D eigenvalue weighted by Crippen LogP contribution is 2.59.